The van der Waals surface area contributed by atoms with Gasteiger partial charge in [-0.2, -0.15) is 0 Å². The number of aryl methyl sites for hydroxylation is 2. The van der Waals surface area contributed by atoms with Crippen molar-refractivity contribution in [1.29, 1.82) is 0 Å². The largest absolute Gasteiger partial charge is 0.386 e. The van der Waals surface area contributed by atoms with E-state index >= 15 is 0 Å². The predicted molar refractivity (Wildman–Crippen MR) is 113 cm³/mol. The molecule has 10 heteroatoms. The number of aromatic nitrogens is 5. The molecule has 2 unspecified atom stereocenters. The third-order valence-corrected chi connectivity index (χ3v) is 6.12. The second-order valence-corrected chi connectivity index (χ2v) is 8.34. The van der Waals surface area contributed by atoms with Crippen molar-refractivity contribution in [2.75, 3.05) is 0 Å². The Labute approximate surface area is 182 Å². The van der Waals surface area contributed by atoms with Crippen molar-refractivity contribution in [3.63, 3.8) is 0 Å². The average Bonchev–Trinajstić information content (AvgIpc) is 3.54. The van der Waals surface area contributed by atoms with Gasteiger partial charge in [0.05, 0.1) is 18.3 Å². The van der Waals surface area contributed by atoms with Crippen molar-refractivity contribution in [1.82, 2.24) is 30.5 Å². The number of halogens is 1. The summed E-state index contributed by atoms with van der Waals surface area (Å²) in [6.07, 6.45) is 2.84. The van der Waals surface area contributed by atoms with Crippen LogP contribution in [-0.4, -0.2) is 53.7 Å². The minimum Gasteiger partial charge on any atom is -0.386 e. The Balaban J connectivity index is 1.35. The van der Waals surface area contributed by atoms with E-state index in [-0.39, 0.29) is 11.9 Å². The van der Waals surface area contributed by atoms with Gasteiger partial charge in [-0.15, -0.1) is 16.4 Å². The third-order valence-electron chi connectivity index (χ3n) is 5.24. The summed E-state index contributed by atoms with van der Waals surface area (Å²) in [5.74, 6) is 0.739. The first-order chi connectivity index (χ1) is 15.1. The fourth-order valence-electron chi connectivity index (χ4n) is 3.55. The molecule has 31 heavy (non-hydrogen) atoms. The van der Waals surface area contributed by atoms with Crippen molar-refractivity contribution in [2.24, 2.45) is 0 Å². The summed E-state index contributed by atoms with van der Waals surface area (Å²) in [5.41, 5.74) is 1.35. The summed E-state index contributed by atoms with van der Waals surface area (Å²) in [6, 6.07) is 8.38. The van der Waals surface area contributed by atoms with Gasteiger partial charge in [-0.25, -0.2) is 14.5 Å². The maximum atomic E-state index is 14.5. The zero-order valence-electron chi connectivity index (χ0n) is 16.8. The quantitative estimate of drug-likeness (QED) is 0.493. The number of nitrogens with one attached hydrogen (secondary N) is 1. The number of tetrazole rings is 1. The smallest absolute Gasteiger partial charge is 0.223 e. The van der Waals surface area contributed by atoms with Crippen LogP contribution in [0.15, 0.2) is 47.9 Å². The number of H-pyrrole nitrogens is 1. The van der Waals surface area contributed by atoms with E-state index in [1.165, 1.54) is 17.4 Å². The second-order valence-electron chi connectivity index (χ2n) is 7.40. The molecule has 0 radical (unpaired) electrons. The number of aliphatic hydroxyl groups is 1. The Bertz CT molecular complexity index is 1010. The molecule has 1 aliphatic heterocycles. The van der Waals surface area contributed by atoms with E-state index in [9.17, 15) is 14.3 Å². The van der Waals surface area contributed by atoms with Crippen molar-refractivity contribution in [3.05, 3.63) is 70.0 Å². The second kappa shape index (κ2) is 9.88. The average molecular weight is 443 g/mol. The molecule has 1 fully saturated rings. The number of hydrogen-bond donors (Lipinski definition) is 2. The van der Waals surface area contributed by atoms with Gasteiger partial charge >= 0.3 is 0 Å². The van der Waals surface area contributed by atoms with Crippen LogP contribution in [0.4, 0.5) is 4.39 Å². The number of rotatable bonds is 9. The topological polar surface area (TPSA) is 108 Å². The standard InChI is InChI=1S/C21H23FN6O2S/c22-21(14-4-2-1-3-5-14)17(29)9-7-16-8-11-20(30)28(16)12-19-23-15(13-31-19)6-10-18-24-26-27-25-18/h1-5,7,9,13,16-17,21,29H,6,8,10-12H2,(H,24,25,26,27)/t16-,17?,21?/m0/s1. The molecule has 1 aliphatic rings. The molecular weight excluding hydrogens is 419 g/mol. The van der Waals surface area contributed by atoms with Crippen LogP contribution in [0.3, 0.4) is 0 Å². The number of amides is 1. The number of hydrogen-bond acceptors (Lipinski definition) is 7. The molecule has 3 aromatic rings. The molecule has 162 valence electrons. The first kappa shape index (κ1) is 21.3. The highest BCUT2D eigenvalue weighted by atomic mass is 32.1. The summed E-state index contributed by atoms with van der Waals surface area (Å²) < 4.78 is 14.5. The number of carbonyl (C=O) groups excluding carboxylic acids is 1. The first-order valence-corrected chi connectivity index (χ1v) is 11.0. The van der Waals surface area contributed by atoms with Crippen molar-refractivity contribution in [3.8, 4) is 0 Å². The minimum atomic E-state index is -1.51. The molecule has 2 aromatic heterocycles. The molecule has 1 saturated heterocycles. The molecule has 8 nitrogen and oxygen atoms in total. The number of aliphatic hydroxyl groups excluding tert-OH is 1. The van der Waals surface area contributed by atoms with Gasteiger partial charge in [0.25, 0.3) is 0 Å². The van der Waals surface area contributed by atoms with Crippen molar-refractivity contribution < 1.29 is 14.3 Å². The SMILES string of the molecule is O=C1CC[C@H](C=CC(O)C(F)c2ccccc2)N1Cc1nc(CCc2nnn[nH]2)cs1. The Hall–Kier alpha value is -2.98. The maximum Gasteiger partial charge on any atom is 0.223 e. The Morgan fingerprint density at radius 3 is 2.94 bits per heavy atom. The van der Waals surface area contributed by atoms with Crippen molar-refractivity contribution >= 4 is 17.2 Å². The predicted octanol–water partition coefficient (Wildman–Crippen LogP) is 2.56. The summed E-state index contributed by atoms with van der Waals surface area (Å²) in [5, 5.41) is 26.7. The monoisotopic (exact) mass is 442 g/mol. The molecule has 1 aromatic carbocycles. The lowest BCUT2D eigenvalue weighted by atomic mass is 10.0. The normalized spacial score (nSPS) is 18.7. The Morgan fingerprint density at radius 2 is 2.16 bits per heavy atom. The van der Waals surface area contributed by atoms with Crippen LogP contribution in [0, 0.1) is 0 Å². The summed E-state index contributed by atoms with van der Waals surface area (Å²) >= 11 is 1.50. The number of carbonyl (C=O) groups is 1. The highest BCUT2D eigenvalue weighted by Gasteiger charge is 2.30. The van der Waals surface area contributed by atoms with Gasteiger partial charge in [-0.05, 0) is 28.8 Å². The van der Waals surface area contributed by atoms with Crippen LogP contribution >= 0.6 is 11.3 Å². The van der Waals surface area contributed by atoms with Gasteiger partial charge in [0.1, 0.15) is 16.9 Å². The Morgan fingerprint density at radius 1 is 1.32 bits per heavy atom. The first-order valence-electron chi connectivity index (χ1n) is 10.1. The Kier molecular flexibility index (Phi) is 6.78. The van der Waals surface area contributed by atoms with E-state index in [0.29, 0.717) is 43.6 Å². The number of aromatic amines is 1. The molecule has 3 atom stereocenters. The van der Waals surface area contributed by atoms with E-state index in [2.05, 4.69) is 25.6 Å². The lowest BCUT2D eigenvalue weighted by Gasteiger charge is -2.22. The zero-order valence-corrected chi connectivity index (χ0v) is 17.6. The van der Waals surface area contributed by atoms with Crippen LogP contribution in [0.5, 0.6) is 0 Å². The number of likely N-dealkylation sites (tertiary alicyclic amines) is 1. The molecule has 3 heterocycles. The van der Waals surface area contributed by atoms with E-state index in [1.54, 1.807) is 41.3 Å². The minimum absolute atomic E-state index is 0.0356. The van der Waals surface area contributed by atoms with E-state index in [0.717, 1.165) is 10.7 Å². The van der Waals surface area contributed by atoms with Gasteiger partial charge in [0, 0.05) is 18.2 Å². The summed E-state index contributed by atoms with van der Waals surface area (Å²) in [7, 11) is 0. The van der Waals surface area contributed by atoms with E-state index in [1.807, 2.05) is 5.38 Å². The van der Waals surface area contributed by atoms with Gasteiger partial charge in [0.2, 0.25) is 5.91 Å². The molecule has 2 N–H and O–H groups in total. The molecule has 0 bridgehead atoms. The highest BCUT2D eigenvalue weighted by Crippen LogP contribution is 2.26. The molecule has 0 aliphatic carbocycles. The lowest BCUT2D eigenvalue weighted by Crippen LogP contribution is -2.31. The third kappa shape index (κ3) is 5.39. The van der Waals surface area contributed by atoms with Gasteiger partial charge < -0.3 is 10.0 Å². The maximum absolute atomic E-state index is 14.5. The van der Waals surface area contributed by atoms with E-state index < -0.39 is 12.3 Å². The van der Waals surface area contributed by atoms with Crippen LogP contribution in [-0.2, 0) is 24.2 Å². The summed E-state index contributed by atoms with van der Waals surface area (Å²) in [6.45, 7) is 0.399. The number of benzene rings is 1. The number of alkyl halides is 1. The molecule has 4 rings (SSSR count). The zero-order chi connectivity index (χ0) is 21.6. The van der Waals surface area contributed by atoms with Gasteiger partial charge in [0.15, 0.2) is 6.17 Å². The van der Waals surface area contributed by atoms with Crippen LogP contribution in [0.25, 0.3) is 0 Å². The molecule has 0 saturated carbocycles. The van der Waals surface area contributed by atoms with E-state index in [4.69, 9.17) is 0 Å². The summed E-state index contributed by atoms with van der Waals surface area (Å²) in [4.78, 5) is 18.7. The van der Waals surface area contributed by atoms with Crippen LogP contribution in [0.2, 0.25) is 0 Å². The number of nitrogens with zero attached hydrogens (tertiary/aromatic N) is 5. The fraction of sp³-hybridized carbons (Fsp3) is 0.381. The number of thiazole rings is 1. The van der Waals surface area contributed by atoms with Crippen molar-refractivity contribution in [2.45, 2.75) is 50.5 Å². The molecule has 0 spiro atoms. The lowest BCUT2D eigenvalue weighted by molar-refractivity contribution is -0.129. The molecular formula is C21H23FN6O2S. The van der Waals surface area contributed by atoms with Gasteiger partial charge in [-0.3, -0.25) is 4.79 Å². The van der Waals surface area contributed by atoms with Crippen LogP contribution in [0.1, 0.15) is 41.1 Å². The fourth-order valence-corrected chi connectivity index (χ4v) is 4.37. The van der Waals surface area contributed by atoms with Gasteiger partial charge in [-0.1, -0.05) is 42.5 Å². The van der Waals surface area contributed by atoms with Crippen LogP contribution < -0.4 is 0 Å². The highest BCUT2D eigenvalue weighted by molar-refractivity contribution is 7.09. The molecule has 1 amide bonds.